The molecule has 0 saturated heterocycles. The topological polar surface area (TPSA) is 59.6 Å². The fourth-order valence-corrected chi connectivity index (χ4v) is 2.30. The van der Waals surface area contributed by atoms with Gasteiger partial charge in [-0.3, -0.25) is 4.79 Å². The van der Waals surface area contributed by atoms with Gasteiger partial charge in [0.2, 0.25) is 5.91 Å². The number of carbonyl (C=O) groups is 1. The maximum atomic E-state index is 13.1. The highest BCUT2D eigenvalue weighted by atomic mass is 35.5. The zero-order valence-electron chi connectivity index (χ0n) is 12.1. The molecule has 1 amide bonds. The molecule has 0 fully saturated rings. The van der Waals surface area contributed by atoms with E-state index in [9.17, 15) is 9.18 Å². The van der Waals surface area contributed by atoms with Gasteiger partial charge in [-0.2, -0.15) is 0 Å². The molecule has 2 aromatic carbocycles. The lowest BCUT2D eigenvalue weighted by Gasteiger charge is -2.19. The summed E-state index contributed by atoms with van der Waals surface area (Å²) in [6, 6.07) is 9.37. The Labute approximate surface area is 137 Å². The van der Waals surface area contributed by atoms with Crippen LogP contribution >= 0.6 is 11.6 Å². The molecule has 3 rings (SSSR count). The molecule has 0 atom stereocenters. The molecule has 1 heterocycles. The average molecular weight is 337 g/mol. The van der Waals surface area contributed by atoms with Gasteiger partial charge in [0.15, 0.2) is 11.5 Å². The van der Waals surface area contributed by atoms with Crippen molar-refractivity contribution in [1.29, 1.82) is 0 Å². The lowest BCUT2D eigenvalue weighted by molar-refractivity contribution is -0.114. The number of hydrogen-bond donors (Lipinski definition) is 2. The summed E-state index contributed by atoms with van der Waals surface area (Å²) in [5.41, 5.74) is 1.17. The zero-order valence-corrected chi connectivity index (χ0v) is 12.8. The fourth-order valence-electron chi connectivity index (χ4n) is 2.11. The lowest BCUT2D eigenvalue weighted by atomic mass is 10.2. The Bertz CT molecular complexity index is 739. The summed E-state index contributed by atoms with van der Waals surface area (Å²) in [5.74, 6) is 0.515. The van der Waals surface area contributed by atoms with Crippen molar-refractivity contribution < 1.29 is 18.7 Å². The molecule has 120 valence electrons. The van der Waals surface area contributed by atoms with Crippen LogP contribution in [-0.4, -0.2) is 25.7 Å². The minimum Gasteiger partial charge on any atom is -0.486 e. The van der Waals surface area contributed by atoms with Crippen LogP contribution in [0.1, 0.15) is 0 Å². The molecule has 0 aromatic heterocycles. The highest BCUT2D eigenvalue weighted by Gasteiger charge is 2.12. The van der Waals surface area contributed by atoms with E-state index >= 15 is 0 Å². The monoisotopic (exact) mass is 336 g/mol. The third kappa shape index (κ3) is 3.84. The predicted octanol–water partition coefficient (Wildman–Crippen LogP) is 3.30. The standard InChI is InChI=1S/C16H14ClFN2O3/c17-12-7-10(1-3-13(12)18)19-9-16(21)20-11-2-4-14-15(8-11)23-6-5-22-14/h1-4,7-8,19H,5-6,9H2,(H,20,21). The first-order chi connectivity index (χ1) is 11.1. The van der Waals surface area contributed by atoms with Gasteiger partial charge in [-0.15, -0.1) is 0 Å². The molecule has 0 unspecified atom stereocenters. The van der Waals surface area contributed by atoms with E-state index < -0.39 is 5.82 Å². The van der Waals surface area contributed by atoms with Crippen LogP contribution in [0.15, 0.2) is 36.4 Å². The van der Waals surface area contributed by atoms with Crippen molar-refractivity contribution in [3.63, 3.8) is 0 Å². The van der Waals surface area contributed by atoms with E-state index in [4.69, 9.17) is 21.1 Å². The van der Waals surface area contributed by atoms with Gasteiger partial charge >= 0.3 is 0 Å². The van der Waals surface area contributed by atoms with Crippen molar-refractivity contribution in [3.8, 4) is 11.5 Å². The van der Waals surface area contributed by atoms with Gasteiger partial charge in [-0.1, -0.05) is 11.6 Å². The molecule has 2 N–H and O–H groups in total. The number of amides is 1. The Balaban J connectivity index is 1.57. The first-order valence-electron chi connectivity index (χ1n) is 7.00. The number of halogens is 2. The molecular formula is C16H14ClFN2O3. The number of nitrogens with one attached hydrogen (secondary N) is 2. The molecule has 7 heteroatoms. The van der Waals surface area contributed by atoms with Gasteiger partial charge in [0.25, 0.3) is 0 Å². The van der Waals surface area contributed by atoms with Gasteiger partial charge in [0.1, 0.15) is 19.0 Å². The largest absolute Gasteiger partial charge is 0.486 e. The van der Waals surface area contributed by atoms with E-state index in [1.807, 2.05) is 0 Å². The van der Waals surface area contributed by atoms with E-state index in [2.05, 4.69) is 10.6 Å². The third-order valence-corrected chi connectivity index (χ3v) is 3.49. The quantitative estimate of drug-likeness (QED) is 0.899. The van der Waals surface area contributed by atoms with E-state index in [-0.39, 0.29) is 17.5 Å². The number of carbonyl (C=O) groups excluding carboxylic acids is 1. The highest BCUT2D eigenvalue weighted by Crippen LogP contribution is 2.32. The zero-order chi connectivity index (χ0) is 16.2. The van der Waals surface area contributed by atoms with Crippen LogP contribution in [0.3, 0.4) is 0 Å². The molecule has 23 heavy (non-hydrogen) atoms. The van der Waals surface area contributed by atoms with Crippen molar-refractivity contribution in [2.24, 2.45) is 0 Å². The molecule has 0 saturated carbocycles. The molecule has 0 spiro atoms. The number of ether oxygens (including phenoxy) is 2. The summed E-state index contributed by atoms with van der Waals surface area (Å²) in [4.78, 5) is 12.0. The van der Waals surface area contributed by atoms with E-state index in [1.165, 1.54) is 18.2 Å². The van der Waals surface area contributed by atoms with Crippen molar-refractivity contribution in [2.45, 2.75) is 0 Å². The molecular weight excluding hydrogens is 323 g/mol. The van der Waals surface area contributed by atoms with Crippen LogP contribution in [0.4, 0.5) is 15.8 Å². The lowest BCUT2D eigenvalue weighted by Crippen LogP contribution is -2.22. The van der Waals surface area contributed by atoms with E-state index in [0.29, 0.717) is 36.1 Å². The second-order valence-electron chi connectivity index (χ2n) is 4.89. The molecule has 0 bridgehead atoms. The Kier molecular flexibility index (Phi) is 4.52. The summed E-state index contributed by atoms with van der Waals surface area (Å²) >= 11 is 5.69. The smallest absolute Gasteiger partial charge is 0.243 e. The van der Waals surface area contributed by atoms with Gasteiger partial charge in [0.05, 0.1) is 11.6 Å². The predicted molar refractivity (Wildman–Crippen MR) is 86.0 cm³/mol. The molecule has 1 aliphatic heterocycles. The number of anilines is 2. The van der Waals surface area contributed by atoms with E-state index in [0.717, 1.165) is 0 Å². The van der Waals surface area contributed by atoms with Crippen LogP contribution in [0.25, 0.3) is 0 Å². The molecule has 0 radical (unpaired) electrons. The Morgan fingerprint density at radius 3 is 2.61 bits per heavy atom. The van der Waals surface area contributed by atoms with Gasteiger partial charge in [-0.25, -0.2) is 4.39 Å². The number of rotatable bonds is 4. The van der Waals surface area contributed by atoms with Crippen molar-refractivity contribution in [2.75, 3.05) is 30.4 Å². The summed E-state index contributed by atoms with van der Waals surface area (Å²) < 4.78 is 23.9. The number of benzene rings is 2. The summed E-state index contributed by atoms with van der Waals surface area (Å²) in [7, 11) is 0. The highest BCUT2D eigenvalue weighted by molar-refractivity contribution is 6.31. The molecule has 5 nitrogen and oxygen atoms in total. The first kappa shape index (κ1) is 15.4. The van der Waals surface area contributed by atoms with Crippen LogP contribution in [-0.2, 0) is 4.79 Å². The van der Waals surface area contributed by atoms with Crippen LogP contribution in [0, 0.1) is 5.82 Å². The summed E-state index contributed by atoms with van der Waals surface area (Å²) in [6.07, 6.45) is 0. The number of fused-ring (bicyclic) bond motifs is 1. The van der Waals surface area contributed by atoms with Gasteiger partial charge in [-0.05, 0) is 30.3 Å². The molecule has 1 aliphatic rings. The van der Waals surface area contributed by atoms with Crippen LogP contribution < -0.4 is 20.1 Å². The maximum absolute atomic E-state index is 13.1. The van der Waals surface area contributed by atoms with Crippen LogP contribution in [0.2, 0.25) is 5.02 Å². The summed E-state index contributed by atoms with van der Waals surface area (Å²) in [5, 5.41) is 5.62. The minimum atomic E-state index is -0.502. The van der Waals surface area contributed by atoms with Crippen molar-refractivity contribution in [1.82, 2.24) is 0 Å². The fraction of sp³-hybridized carbons (Fsp3) is 0.188. The normalized spacial score (nSPS) is 12.6. The van der Waals surface area contributed by atoms with E-state index in [1.54, 1.807) is 18.2 Å². The first-order valence-corrected chi connectivity index (χ1v) is 7.38. The van der Waals surface area contributed by atoms with Crippen molar-refractivity contribution >= 4 is 28.9 Å². The van der Waals surface area contributed by atoms with Gasteiger partial charge in [0, 0.05) is 17.4 Å². The summed E-state index contributed by atoms with van der Waals surface area (Å²) in [6.45, 7) is 1.02. The average Bonchev–Trinajstić information content (AvgIpc) is 2.56. The Hall–Kier alpha value is -2.47. The number of hydrogen-bond acceptors (Lipinski definition) is 4. The Morgan fingerprint density at radius 2 is 1.83 bits per heavy atom. The van der Waals surface area contributed by atoms with Gasteiger partial charge < -0.3 is 20.1 Å². The van der Waals surface area contributed by atoms with Crippen LogP contribution in [0.5, 0.6) is 11.5 Å². The molecule has 0 aliphatic carbocycles. The Morgan fingerprint density at radius 1 is 1.09 bits per heavy atom. The third-order valence-electron chi connectivity index (χ3n) is 3.20. The minimum absolute atomic E-state index is 0.00208. The SMILES string of the molecule is O=C(CNc1ccc(F)c(Cl)c1)Nc1ccc2c(c1)OCCO2. The second kappa shape index (κ2) is 6.75. The maximum Gasteiger partial charge on any atom is 0.243 e. The van der Waals surface area contributed by atoms with Crippen molar-refractivity contribution in [3.05, 3.63) is 47.2 Å². The second-order valence-corrected chi connectivity index (χ2v) is 5.30. The molecule has 2 aromatic rings.